The third-order valence-electron chi connectivity index (χ3n) is 5.39. The van der Waals surface area contributed by atoms with E-state index < -0.39 is 11.9 Å². The van der Waals surface area contributed by atoms with E-state index in [2.05, 4.69) is 21.8 Å². The minimum Gasteiger partial charge on any atom is -0.480 e. The van der Waals surface area contributed by atoms with Gasteiger partial charge < -0.3 is 15.1 Å². The Balaban J connectivity index is 1.68. The zero-order valence-corrected chi connectivity index (χ0v) is 14.4. The second-order valence-electron chi connectivity index (χ2n) is 7.08. The predicted molar refractivity (Wildman–Crippen MR) is 90.8 cm³/mol. The smallest absolute Gasteiger partial charge is 0.356 e. The molecule has 3 rings (SSSR count). The molecule has 8 heteroatoms. The second-order valence-corrected chi connectivity index (χ2v) is 7.08. The Morgan fingerprint density at radius 3 is 2.60 bits per heavy atom. The summed E-state index contributed by atoms with van der Waals surface area (Å²) in [5.41, 5.74) is -0.0225. The zero-order chi connectivity index (χ0) is 18.0. The lowest BCUT2D eigenvalue weighted by atomic mass is 9.76. The third-order valence-corrected chi connectivity index (χ3v) is 5.39. The van der Waals surface area contributed by atoms with E-state index in [1.165, 1.54) is 6.20 Å². The molecule has 0 unspecified atom stereocenters. The standard InChI is InChI=1S/C17H24N4O4/c1-2-5-21-11-17(8-13(21)16(24)25)3-6-20(7-4-17)14-10-18-9-12(19-14)15(22)23/h9-10,13H,2-8,11H2,1H3,(H,22,23)(H,24,25)/t13-/m0/s1. The van der Waals surface area contributed by atoms with Crippen LogP contribution in [0.4, 0.5) is 5.82 Å². The summed E-state index contributed by atoms with van der Waals surface area (Å²) < 4.78 is 0. The van der Waals surface area contributed by atoms with Crippen molar-refractivity contribution in [3.8, 4) is 0 Å². The van der Waals surface area contributed by atoms with E-state index in [9.17, 15) is 14.7 Å². The van der Waals surface area contributed by atoms with Crippen molar-refractivity contribution in [2.24, 2.45) is 5.41 Å². The van der Waals surface area contributed by atoms with Crippen LogP contribution in [0.2, 0.25) is 0 Å². The zero-order valence-electron chi connectivity index (χ0n) is 14.4. The molecule has 2 N–H and O–H groups in total. The summed E-state index contributed by atoms with van der Waals surface area (Å²) in [6.45, 7) is 5.19. The summed E-state index contributed by atoms with van der Waals surface area (Å²) in [6, 6.07) is -0.387. The van der Waals surface area contributed by atoms with Crippen molar-refractivity contribution in [2.75, 3.05) is 31.1 Å². The fraction of sp³-hybridized carbons (Fsp3) is 0.647. The van der Waals surface area contributed by atoms with Crippen molar-refractivity contribution < 1.29 is 19.8 Å². The van der Waals surface area contributed by atoms with Crippen LogP contribution in [-0.2, 0) is 4.79 Å². The first-order valence-corrected chi connectivity index (χ1v) is 8.71. The van der Waals surface area contributed by atoms with Gasteiger partial charge in [-0.3, -0.25) is 14.7 Å². The molecular formula is C17H24N4O4. The number of hydrogen-bond acceptors (Lipinski definition) is 6. The molecule has 3 heterocycles. The molecule has 0 aliphatic carbocycles. The highest BCUT2D eigenvalue weighted by Crippen LogP contribution is 2.44. The van der Waals surface area contributed by atoms with Crippen LogP contribution >= 0.6 is 0 Å². The van der Waals surface area contributed by atoms with Crippen molar-refractivity contribution in [1.82, 2.24) is 14.9 Å². The fourth-order valence-electron chi connectivity index (χ4n) is 4.09. The molecule has 2 fully saturated rings. The van der Waals surface area contributed by atoms with Crippen LogP contribution in [0.1, 0.15) is 43.1 Å². The molecule has 2 aliphatic rings. The minimum atomic E-state index is -1.09. The van der Waals surface area contributed by atoms with E-state index in [4.69, 9.17) is 5.11 Å². The van der Waals surface area contributed by atoms with Crippen molar-refractivity contribution in [3.05, 3.63) is 18.1 Å². The van der Waals surface area contributed by atoms with Gasteiger partial charge in [0.2, 0.25) is 0 Å². The highest BCUT2D eigenvalue weighted by Gasteiger charge is 2.47. The first kappa shape index (κ1) is 17.6. The van der Waals surface area contributed by atoms with Crippen molar-refractivity contribution in [2.45, 2.75) is 38.6 Å². The molecule has 0 amide bonds. The first-order valence-electron chi connectivity index (χ1n) is 8.71. The number of aliphatic carboxylic acids is 1. The maximum atomic E-state index is 11.6. The van der Waals surface area contributed by atoms with Gasteiger partial charge in [0.1, 0.15) is 11.9 Å². The summed E-state index contributed by atoms with van der Waals surface area (Å²) in [6.07, 6.45) is 6.24. The summed E-state index contributed by atoms with van der Waals surface area (Å²) in [5.74, 6) is -1.24. The van der Waals surface area contributed by atoms with Crippen LogP contribution in [0.5, 0.6) is 0 Å². The number of carboxylic acid groups (broad SMARTS) is 2. The topological polar surface area (TPSA) is 107 Å². The molecule has 136 valence electrons. The van der Waals surface area contributed by atoms with Crippen LogP contribution < -0.4 is 4.90 Å². The lowest BCUT2D eigenvalue weighted by Crippen LogP contribution is -2.42. The molecule has 8 nitrogen and oxygen atoms in total. The van der Waals surface area contributed by atoms with Gasteiger partial charge in [0.25, 0.3) is 0 Å². The minimum absolute atomic E-state index is 0.0343. The summed E-state index contributed by atoms with van der Waals surface area (Å²) >= 11 is 0. The molecule has 1 aromatic heterocycles. The van der Waals surface area contributed by atoms with Gasteiger partial charge in [0, 0.05) is 19.6 Å². The number of carboxylic acids is 2. The van der Waals surface area contributed by atoms with Crippen molar-refractivity contribution in [3.63, 3.8) is 0 Å². The summed E-state index contributed by atoms with van der Waals surface area (Å²) in [4.78, 5) is 34.9. The van der Waals surface area contributed by atoms with Gasteiger partial charge in [0.05, 0.1) is 12.4 Å². The van der Waals surface area contributed by atoms with E-state index in [1.54, 1.807) is 6.20 Å². The molecule has 1 spiro atoms. The predicted octanol–water partition coefficient (Wildman–Crippen LogP) is 1.33. The van der Waals surface area contributed by atoms with Crippen molar-refractivity contribution in [1.29, 1.82) is 0 Å². The highest BCUT2D eigenvalue weighted by atomic mass is 16.4. The number of hydrogen-bond donors (Lipinski definition) is 2. The highest BCUT2D eigenvalue weighted by molar-refractivity contribution is 5.85. The molecule has 25 heavy (non-hydrogen) atoms. The Morgan fingerprint density at radius 2 is 2.00 bits per heavy atom. The molecule has 0 aromatic carbocycles. The molecule has 0 radical (unpaired) electrons. The number of likely N-dealkylation sites (tertiary alicyclic amines) is 1. The molecule has 2 saturated heterocycles. The number of rotatable bonds is 5. The Bertz CT molecular complexity index is 658. The summed E-state index contributed by atoms with van der Waals surface area (Å²) in [7, 11) is 0. The Hall–Kier alpha value is -2.22. The lowest BCUT2D eigenvalue weighted by molar-refractivity contribution is -0.142. The maximum Gasteiger partial charge on any atom is 0.356 e. The fourth-order valence-corrected chi connectivity index (χ4v) is 4.09. The van der Waals surface area contributed by atoms with E-state index in [0.29, 0.717) is 12.2 Å². The van der Waals surface area contributed by atoms with Gasteiger partial charge in [-0.05, 0) is 37.6 Å². The SMILES string of the molecule is CCCN1CC2(CCN(c3cncc(C(=O)O)n3)CC2)C[C@H]1C(=O)O. The number of aromatic carboxylic acids is 1. The van der Waals surface area contributed by atoms with Gasteiger partial charge in [-0.15, -0.1) is 0 Å². The molecule has 0 saturated carbocycles. The van der Waals surface area contributed by atoms with E-state index in [1.807, 2.05) is 4.90 Å². The van der Waals surface area contributed by atoms with Crippen LogP contribution in [0, 0.1) is 5.41 Å². The average molecular weight is 348 g/mol. The van der Waals surface area contributed by atoms with Crippen LogP contribution in [0.3, 0.4) is 0 Å². The molecule has 0 bridgehead atoms. The Kier molecular flexibility index (Phi) is 4.89. The van der Waals surface area contributed by atoms with Gasteiger partial charge in [-0.1, -0.05) is 6.92 Å². The van der Waals surface area contributed by atoms with Crippen molar-refractivity contribution >= 4 is 17.8 Å². The van der Waals surface area contributed by atoms with E-state index in [-0.39, 0.29) is 17.2 Å². The Labute approximate surface area is 146 Å². The normalized spacial score (nSPS) is 23.1. The number of anilines is 1. The maximum absolute atomic E-state index is 11.6. The lowest BCUT2D eigenvalue weighted by Gasteiger charge is -2.39. The van der Waals surface area contributed by atoms with Gasteiger partial charge in [-0.2, -0.15) is 0 Å². The number of carbonyl (C=O) groups is 2. The van der Waals surface area contributed by atoms with Gasteiger partial charge in [0.15, 0.2) is 5.69 Å². The quantitative estimate of drug-likeness (QED) is 0.821. The molecule has 1 atom stereocenters. The van der Waals surface area contributed by atoms with Crippen LogP contribution in [-0.4, -0.2) is 69.2 Å². The number of nitrogens with zero attached hydrogens (tertiary/aromatic N) is 4. The van der Waals surface area contributed by atoms with E-state index >= 15 is 0 Å². The molecule has 1 aromatic rings. The monoisotopic (exact) mass is 348 g/mol. The molecule has 2 aliphatic heterocycles. The van der Waals surface area contributed by atoms with Gasteiger partial charge in [-0.25, -0.2) is 9.78 Å². The van der Waals surface area contributed by atoms with E-state index in [0.717, 1.165) is 45.4 Å². The largest absolute Gasteiger partial charge is 0.480 e. The second kappa shape index (κ2) is 6.95. The van der Waals surface area contributed by atoms with Gasteiger partial charge >= 0.3 is 11.9 Å². The first-order chi connectivity index (χ1) is 11.9. The Morgan fingerprint density at radius 1 is 1.28 bits per heavy atom. The van der Waals surface area contributed by atoms with Crippen LogP contribution in [0.15, 0.2) is 12.4 Å². The number of piperidine rings is 1. The summed E-state index contributed by atoms with van der Waals surface area (Å²) in [5, 5.41) is 18.6. The number of aromatic nitrogens is 2. The average Bonchev–Trinajstić information content (AvgIpc) is 2.94. The van der Waals surface area contributed by atoms with Crippen LogP contribution in [0.25, 0.3) is 0 Å². The third kappa shape index (κ3) is 3.58. The molecular weight excluding hydrogens is 324 g/mol.